The summed E-state index contributed by atoms with van der Waals surface area (Å²) >= 11 is 0. The number of rotatable bonds is 2. The Morgan fingerprint density at radius 1 is 1.30 bits per heavy atom. The van der Waals surface area contributed by atoms with E-state index in [1.165, 1.54) is 0 Å². The van der Waals surface area contributed by atoms with E-state index in [1.54, 1.807) is 12.5 Å². The van der Waals surface area contributed by atoms with E-state index in [4.69, 9.17) is 0 Å². The van der Waals surface area contributed by atoms with Gasteiger partial charge >= 0.3 is 0 Å². The number of nitrogens with zero attached hydrogens (tertiary/aromatic N) is 4. The second kappa shape index (κ2) is 4.56. The number of fused-ring (bicyclic) bond motifs is 3. The maximum absolute atomic E-state index is 12.6. The van der Waals surface area contributed by atoms with Gasteiger partial charge in [0.25, 0.3) is 0 Å². The van der Waals surface area contributed by atoms with Crippen LogP contribution >= 0.6 is 0 Å². The first-order valence-corrected chi connectivity index (χ1v) is 7.10. The number of piperazine rings is 1. The van der Waals surface area contributed by atoms with Crippen LogP contribution in [0.5, 0.6) is 0 Å². The normalized spacial score (nSPS) is 25.3. The minimum Gasteiger partial charge on any atom is -0.333 e. The summed E-state index contributed by atoms with van der Waals surface area (Å²) in [4.78, 5) is 23.3. The Balaban J connectivity index is 1.58. The number of aromatic nitrogens is 3. The van der Waals surface area contributed by atoms with Crippen LogP contribution in [0.4, 0.5) is 0 Å². The first kappa shape index (κ1) is 11.8. The Hall–Kier alpha value is -1.95. The van der Waals surface area contributed by atoms with Gasteiger partial charge in [0.15, 0.2) is 5.65 Å². The van der Waals surface area contributed by atoms with Crippen molar-refractivity contribution in [1.82, 2.24) is 24.8 Å². The first-order chi connectivity index (χ1) is 9.83. The Labute approximate surface area is 116 Å². The van der Waals surface area contributed by atoms with Crippen LogP contribution in [0.3, 0.4) is 0 Å². The summed E-state index contributed by atoms with van der Waals surface area (Å²) in [6.45, 7) is 2.18. The first-order valence-electron chi connectivity index (χ1n) is 7.10. The van der Waals surface area contributed by atoms with Crippen LogP contribution in [0, 0.1) is 0 Å². The van der Waals surface area contributed by atoms with Gasteiger partial charge in [0.1, 0.15) is 12.1 Å². The van der Waals surface area contributed by atoms with Gasteiger partial charge in [-0.2, -0.15) is 0 Å². The lowest BCUT2D eigenvalue weighted by Gasteiger charge is -2.35. The van der Waals surface area contributed by atoms with E-state index in [9.17, 15) is 4.79 Å². The molecule has 0 aromatic carbocycles. The lowest BCUT2D eigenvalue weighted by Crippen LogP contribution is -2.54. The third-order valence-corrected chi connectivity index (χ3v) is 4.35. The Kier molecular flexibility index (Phi) is 2.70. The van der Waals surface area contributed by atoms with E-state index in [2.05, 4.69) is 20.2 Å². The number of imidazole rings is 1. The van der Waals surface area contributed by atoms with Gasteiger partial charge in [0.2, 0.25) is 5.91 Å². The van der Waals surface area contributed by atoms with Gasteiger partial charge in [-0.15, -0.1) is 0 Å². The summed E-state index contributed by atoms with van der Waals surface area (Å²) in [6.07, 6.45) is 5.68. The highest BCUT2D eigenvalue weighted by Gasteiger charge is 2.39. The number of carbonyl (C=O) groups excluding carboxylic acids is 1. The average molecular weight is 271 g/mol. The minimum atomic E-state index is 0.184. The highest BCUT2D eigenvalue weighted by molar-refractivity contribution is 5.79. The fourth-order valence-corrected chi connectivity index (χ4v) is 3.43. The van der Waals surface area contributed by atoms with Crippen molar-refractivity contribution < 1.29 is 4.79 Å². The van der Waals surface area contributed by atoms with E-state index in [0.29, 0.717) is 18.6 Å². The molecular formula is C14H17N5O. The van der Waals surface area contributed by atoms with Crippen molar-refractivity contribution in [2.45, 2.75) is 31.5 Å². The van der Waals surface area contributed by atoms with E-state index in [0.717, 1.165) is 37.1 Å². The lowest BCUT2D eigenvalue weighted by atomic mass is 10.2. The second-order valence-electron chi connectivity index (χ2n) is 5.56. The van der Waals surface area contributed by atoms with Crippen molar-refractivity contribution in [2.24, 2.45) is 0 Å². The quantitative estimate of drug-likeness (QED) is 0.858. The summed E-state index contributed by atoms with van der Waals surface area (Å²) < 4.78 is 1.85. The molecule has 0 aliphatic carbocycles. The van der Waals surface area contributed by atoms with Crippen molar-refractivity contribution >= 4 is 17.1 Å². The molecule has 2 aromatic rings. The predicted octanol–water partition coefficient (Wildman–Crippen LogP) is 0.394. The molecule has 2 saturated heterocycles. The summed E-state index contributed by atoms with van der Waals surface area (Å²) in [5.74, 6) is 0.184. The third kappa shape index (κ3) is 1.79. The number of pyridine rings is 1. The van der Waals surface area contributed by atoms with E-state index < -0.39 is 0 Å². The molecule has 1 N–H and O–H groups in total. The zero-order valence-corrected chi connectivity index (χ0v) is 11.2. The smallest absolute Gasteiger partial charge is 0.243 e. The van der Waals surface area contributed by atoms with Gasteiger partial charge in [-0.25, -0.2) is 9.97 Å². The van der Waals surface area contributed by atoms with E-state index in [-0.39, 0.29) is 5.91 Å². The lowest BCUT2D eigenvalue weighted by molar-refractivity contribution is -0.135. The largest absolute Gasteiger partial charge is 0.333 e. The highest BCUT2D eigenvalue weighted by atomic mass is 16.2. The zero-order chi connectivity index (χ0) is 13.5. The molecule has 2 aliphatic rings. The van der Waals surface area contributed by atoms with Crippen molar-refractivity contribution in [2.75, 3.05) is 13.1 Å². The maximum Gasteiger partial charge on any atom is 0.243 e. The van der Waals surface area contributed by atoms with Crippen molar-refractivity contribution in [3.05, 3.63) is 24.7 Å². The molecule has 2 atom stereocenters. The molecule has 104 valence electrons. The van der Waals surface area contributed by atoms with Crippen LogP contribution in [0.2, 0.25) is 0 Å². The number of hydrogen-bond acceptors (Lipinski definition) is 4. The molecule has 0 radical (unpaired) electrons. The van der Waals surface area contributed by atoms with Crippen LogP contribution < -0.4 is 5.32 Å². The molecule has 1 amide bonds. The molecule has 2 aromatic heterocycles. The molecule has 0 unspecified atom stereocenters. The van der Waals surface area contributed by atoms with Gasteiger partial charge in [-0.05, 0) is 25.0 Å². The molecule has 2 fully saturated rings. The second-order valence-corrected chi connectivity index (χ2v) is 5.56. The van der Waals surface area contributed by atoms with Crippen LogP contribution in [-0.2, 0) is 11.3 Å². The fourth-order valence-electron chi connectivity index (χ4n) is 3.43. The predicted molar refractivity (Wildman–Crippen MR) is 74.1 cm³/mol. The molecule has 4 heterocycles. The number of carbonyl (C=O) groups is 1. The summed E-state index contributed by atoms with van der Waals surface area (Å²) in [5, 5.41) is 3.39. The van der Waals surface area contributed by atoms with E-state index >= 15 is 0 Å². The Bertz CT molecular complexity index is 636. The monoisotopic (exact) mass is 271 g/mol. The van der Waals surface area contributed by atoms with Gasteiger partial charge in [-0.3, -0.25) is 4.79 Å². The molecule has 0 spiro atoms. The van der Waals surface area contributed by atoms with Gasteiger partial charge in [0, 0.05) is 31.4 Å². The molecule has 6 heteroatoms. The Morgan fingerprint density at radius 2 is 2.10 bits per heavy atom. The molecule has 0 saturated carbocycles. The zero-order valence-electron chi connectivity index (χ0n) is 11.2. The van der Waals surface area contributed by atoms with Crippen LogP contribution in [0.25, 0.3) is 11.2 Å². The Morgan fingerprint density at radius 3 is 2.90 bits per heavy atom. The van der Waals surface area contributed by atoms with Crippen LogP contribution in [0.15, 0.2) is 24.7 Å². The summed E-state index contributed by atoms with van der Waals surface area (Å²) in [5.41, 5.74) is 1.62. The molecule has 2 bridgehead atoms. The van der Waals surface area contributed by atoms with Crippen molar-refractivity contribution in [3.8, 4) is 0 Å². The fraction of sp³-hybridized carbons (Fsp3) is 0.500. The number of hydrogen-bond donors (Lipinski definition) is 1. The van der Waals surface area contributed by atoms with Crippen molar-refractivity contribution in [3.63, 3.8) is 0 Å². The SMILES string of the molecule is O=C(Cn1cnc2cccnc21)N1[C@@H]2CC[C@H]1CNC2. The summed E-state index contributed by atoms with van der Waals surface area (Å²) in [7, 11) is 0. The molecule has 6 nitrogen and oxygen atoms in total. The topological polar surface area (TPSA) is 63.1 Å². The molecule has 20 heavy (non-hydrogen) atoms. The van der Waals surface area contributed by atoms with Crippen molar-refractivity contribution in [1.29, 1.82) is 0 Å². The molecular weight excluding hydrogens is 254 g/mol. The van der Waals surface area contributed by atoms with Gasteiger partial charge in [0.05, 0.1) is 6.33 Å². The minimum absolute atomic E-state index is 0.184. The number of nitrogens with one attached hydrogen (secondary N) is 1. The van der Waals surface area contributed by atoms with Crippen LogP contribution in [-0.4, -0.2) is 50.5 Å². The number of amides is 1. The standard InChI is InChI=1S/C14H17N5O/c20-13(19-10-3-4-11(19)7-15-6-10)8-18-9-17-12-2-1-5-16-14(12)18/h1-2,5,9-11,15H,3-4,6-8H2/t10-,11+. The third-order valence-electron chi connectivity index (χ3n) is 4.35. The molecule has 4 rings (SSSR count). The van der Waals surface area contributed by atoms with Gasteiger partial charge in [-0.1, -0.05) is 0 Å². The maximum atomic E-state index is 12.6. The average Bonchev–Trinajstić information content (AvgIpc) is 2.98. The molecule has 2 aliphatic heterocycles. The highest BCUT2D eigenvalue weighted by Crippen LogP contribution is 2.27. The van der Waals surface area contributed by atoms with E-state index in [1.807, 2.05) is 16.7 Å². The van der Waals surface area contributed by atoms with Gasteiger partial charge < -0.3 is 14.8 Å². The summed E-state index contributed by atoms with van der Waals surface area (Å²) in [6, 6.07) is 4.50. The van der Waals surface area contributed by atoms with Crippen LogP contribution in [0.1, 0.15) is 12.8 Å².